The number of anilines is 1. The fourth-order valence-electron chi connectivity index (χ4n) is 6.54. The molecule has 3 aromatic rings. The molecule has 1 N–H and O–H groups in total. The van der Waals surface area contributed by atoms with Crippen molar-refractivity contribution in [1.82, 2.24) is 15.1 Å². The molecule has 0 saturated carbocycles. The van der Waals surface area contributed by atoms with Gasteiger partial charge < -0.3 is 19.7 Å². The Hall–Kier alpha value is -2.28. The normalized spacial score (nSPS) is 23.4. The summed E-state index contributed by atoms with van der Waals surface area (Å²) in [5.41, 5.74) is 7.33. The second-order valence-corrected chi connectivity index (χ2v) is 11.3. The number of aromatic nitrogens is 2. The Bertz CT molecular complexity index is 1290. The summed E-state index contributed by atoms with van der Waals surface area (Å²) in [4.78, 5) is 2.51. The van der Waals surface area contributed by atoms with E-state index in [0.717, 1.165) is 104 Å². The molecule has 7 rings (SSSR count). The van der Waals surface area contributed by atoms with E-state index >= 15 is 0 Å². The Morgan fingerprint density at radius 1 is 1.14 bits per heavy atom. The predicted octanol–water partition coefficient (Wildman–Crippen LogP) is 5.49. The number of ether oxygens (including phenoxy) is 2. The van der Waals surface area contributed by atoms with Crippen LogP contribution in [0.2, 0.25) is 5.02 Å². The van der Waals surface area contributed by atoms with Gasteiger partial charge in [-0.25, -0.2) is 4.68 Å². The third-order valence-electron chi connectivity index (χ3n) is 8.56. The molecule has 35 heavy (non-hydrogen) atoms. The maximum atomic E-state index is 7.35. The molecule has 5 heterocycles. The minimum atomic E-state index is 0.000605. The van der Waals surface area contributed by atoms with Crippen LogP contribution in [-0.2, 0) is 11.2 Å². The summed E-state index contributed by atoms with van der Waals surface area (Å²) in [5.74, 6) is 0.960. The summed E-state index contributed by atoms with van der Waals surface area (Å²) in [6.07, 6.45) is 8.59. The van der Waals surface area contributed by atoms with Crippen molar-refractivity contribution in [3.63, 3.8) is 0 Å². The van der Waals surface area contributed by atoms with Crippen molar-refractivity contribution in [2.24, 2.45) is 5.41 Å². The van der Waals surface area contributed by atoms with Crippen LogP contribution in [0.25, 0.3) is 22.0 Å². The Morgan fingerprint density at radius 2 is 2.06 bits per heavy atom. The van der Waals surface area contributed by atoms with Gasteiger partial charge in [-0.3, -0.25) is 0 Å². The van der Waals surface area contributed by atoms with Crippen molar-refractivity contribution in [1.29, 1.82) is 0 Å². The summed E-state index contributed by atoms with van der Waals surface area (Å²) < 4.78 is 14.5. The maximum Gasteiger partial charge on any atom is 0.150 e. The fourth-order valence-corrected chi connectivity index (χ4v) is 6.89. The molecule has 0 aliphatic carbocycles. The minimum Gasteiger partial charge on any atom is -0.493 e. The van der Waals surface area contributed by atoms with E-state index in [9.17, 15) is 0 Å². The van der Waals surface area contributed by atoms with Gasteiger partial charge >= 0.3 is 0 Å². The monoisotopic (exact) mass is 492 g/mol. The largest absolute Gasteiger partial charge is 0.493 e. The van der Waals surface area contributed by atoms with Gasteiger partial charge in [-0.1, -0.05) is 17.7 Å². The van der Waals surface area contributed by atoms with Gasteiger partial charge in [0.05, 0.1) is 29.0 Å². The Balaban J connectivity index is 1.40. The first kappa shape index (κ1) is 22.0. The van der Waals surface area contributed by atoms with Crippen LogP contribution < -0.4 is 15.0 Å². The highest BCUT2D eigenvalue weighted by Crippen LogP contribution is 2.51. The summed E-state index contributed by atoms with van der Waals surface area (Å²) >= 11 is 7.35. The van der Waals surface area contributed by atoms with Crippen LogP contribution in [0, 0.1) is 12.3 Å². The Labute approximate surface area is 211 Å². The van der Waals surface area contributed by atoms with Crippen LogP contribution in [0.4, 0.5) is 5.69 Å². The van der Waals surface area contributed by atoms with Crippen LogP contribution >= 0.6 is 11.6 Å². The number of benzene rings is 2. The van der Waals surface area contributed by atoms with E-state index in [-0.39, 0.29) is 6.23 Å². The second kappa shape index (κ2) is 8.39. The zero-order valence-corrected chi connectivity index (χ0v) is 21.2. The Morgan fingerprint density at radius 3 is 2.83 bits per heavy atom. The third kappa shape index (κ3) is 3.48. The average Bonchev–Trinajstić information content (AvgIpc) is 3.50. The molecule has 2 aromatic carbocycles. The number of halogens is 1. The van der Waals surface area contributed by atoms with Gasteiger partial charge in [0.25, 0.3) is 0 Å². The number of hydrogen-bond donors (Lipinski definition) is 1. The molecule has 0 bridgehead atoms. The lowest BCUT2D eigenvalue weighted by Crippen LogP contribution is -2.54. The SMILES string of the molecule is Cc1ccc2c(cnn2C2CCCCO2)c1-c1c(Cl)c(N2CCC3(CNC3)C2)cc2c1OCCC2. The van der Waals surface area contributed by atoms with Gasteiger partial charge in [0.15, 0.2) is 6.23 Å². The van der Waals surface area contributed by atoms with E-state index in [4.69, 9.17) is 26.2 Å². The van der Waals surface area contributed by atoms with E-state index in [0.29, 0.717) is 5.41 Å². The fraction of sp³-hybridized carbons (Fsp3) is 0.536. The Kier molecular flexibility index (Phi) is 5.27. The minimum absolute atomic E-state index is 0.000605. The topological polar surface area (TPSA) is 51.5 Å². The van der Waals surface area contributed by atoms with Gasteiger partial charge in [0, 0.05) is 54.7 Å². The average molecular weight is 493 g/mol. The lowest BCUT2D eigenvalue weighted by molar-refractivity contribution is -0.0366. The van der Waals surface area contributed by atoms with Gasteiger partial charge in [-0.15, -0.1) is 0 Å². The quantitative estimate of drug-likeness (QED) is 0.524. The first-order chi connectivity index (χ1) is 17.1. The van der Waals surface area contributed by atoms with Crippen LogP contribution in [0.5, 0.6) is 5.75 Å². The molecule has 4 aliphatic heterocycles. The van der Waals surface area contributed by atoms with Crippen molar-refractivity contribution in [2.45, 2.75) is 51.7 Å². The van der Waals surface area contributed by atoms with Crippen molar-refractivity contribution in [3.8, 4) is 16.9 Å². The van der Waals surface area contributed by atoms with E-state index < -0.39 is 0 Å². The highest BCUT2D eigenvalue weighted by molar-refractivity contribution is 6.37. The molecule has 184 valence electrons. The predicted molar refractivity (Wildman–Crippen MR) is 140 cm³/mol. The molecular weight excluding hydrogens is 460 g/mol. The highest BCUT2D eigenvalue weighted by atomic mass is 35.5. The summed E-state index contributed by atoms with van der Waals surface area (Å²) in [7, 11) is 0. The van der Waals surface area contributed by atoms with E-state index in [1.807, 2.05) is 6.20 Å². The molecule has 6 nitrogen and oxygen atoms in total. The van der Waals surface area contributed by atoms with Gasteiger partial charge in [-0.2, -0.15) is 5.10 Å². The van der Waals surface area contributed by atoms with Crippen molar-refractivity contribution < 1.29 is 9.47 Å². The van der Waals surface area contributed by atoms with Gasteiger partial charge in [0.2, 0.25) is 0 Å². The third-order valence-corrected chi connectivity index (χ3v) is 8.94. The number of aryl methyl sites for hydroxylation is 2. The smallest absolute Gasteiger partial charge is 0.150 e. The lowest BCUT2D eigenvalue weighted by Gasteiger charge is -2.39. The maximum absolute atomic E-state index is 7.35. The van der Waals surface area contributed by atoms with E-state index in [2.05, 4.69) is 40.0 Å². The molecule has 7 heteroatoms. The second-order valence-electron chi connectivity index (χ2n) is 10.9. The molecule has 1 aromatic heterocycles. The first-order valence-corrected chi connectivity index (χ1v) is 13.5. The zero-order valence-electron chi connectivity index (χ0n) is 20.4. The van der Waals surface area contributed by atoms with Crippen molar-refractivity contribution in [3.05, 3.63) is 40.5 Å². The van der Waals surface area contributed by atoms with Crippen molar-refractivity contribution in [2.75, 3.05) is 44.3 Å². The lowest BCUT2D eigenvalue weighted by atomic mass is 9.81. The molecule has 3 fully saturated rings. The van der Waals surface area contributed by atoms with Crippen LogP contribution in [0.1, 0.15) is 49.5 Å². The van der Waals surface area contributed by atoms with Gasteiger partial charge in [0.1, 0.15) is 5.75 Å². The number of hydrogen-bond acceptors (Lipinski definition) is 5. The summed E-state index contributed by atoms with van der Waals surface area (Å²) in [5, 5.41) is 10.2. The molecule has 1 spiro atoms. The zero-order chi connectivity index (χ0) is 23.6. The molecule has 0 amide bonds. The number of nitrogens with zero attached hydrogens (tertiary/aromatic N) is 3. The number of nitrogens with one attached hydrogen (secondary N) is 1. The summed E-state index contributed by atoms with van der Waals surface area (Å²) in [6, 6.07) is 6.68. The molecule has 4 aliphatic rings. The van der Waals surface area contributed by atoms with Crippen LogP contribution in [0.3, 0.4) is 0 Å². The van der Waals surface area contributed by atoms with E-state index in [1.165, 1.54) is 24.0 Å². The highest BCUT2D eigenvalue weighted by Gasteiger charge is 2.44. The molecule has 0 radical (unpaired) electrons. The van der Waals surface area contributed by atoms with Gasteiger partial charge in [-0.05, 0) is 68.7 Å². The molecule has 1 atom stereocenters. The molecular formula is C28H33ClN4O2. The van der Waals surface area contributed by atoms with Crippen LogP contribution in [0.15, 0.2) is 24.4 Å². The number of fused-ring (bicyclic) bond motifs is 2. The van der Waals surface area contributed by atoms with Crippen molar-refractivity contribution >= 4 is 28.2 Å². The van der Waals surface area contributed by atoms with E-state index in [1.54, 1.807) is 0 Å². The molecule has 1 unspecified atom stereocenters. The summed E-state index contributed by atoms with van der Waals surface area (Å²) in [6.45, 7) is 8.06. The first-order valence-electron chi connectivity index (χ1n) is 13.2. The standard InChI is InChI=1S/C28H33ClN4O2/c1-18-7-8-21-20(14-31-33(21)23-6-2-3-11-34-23)24(18)25-26(29)22(13-19-5-4-12-35-27(19)25)32-10-9-28(17-32)15-30-16-28/h7-8,13-14,23,30H,2-6,9-12,15-17H2,1H3. The molecule has 3 saturated heterocycles. The number of rotatable bonds is 3. The van der Waals surface area contributed by atoms with Crippen LogP contribution in [-0.4, -0.2) is 49.2 Å².